The van der Waals surface area contributed by atoms with Crippen LogP contribution in [-0.4, -0.2) is 36.5 Å². The maximum Gasteiger partial charge on any atom is 0.319 e. The van der Waals surface area contributed by atoms with E-state index in [0.717, 1.165) is 5.56 Å². The van der Waals surface area contributed by atoms with Crippen molar-refractivity contribution in [1.82, 2.24) is 10.6 Å². The first-order chi connectivity index (χ1) is 9.99. The Morgan fingerprint density at radius 2 is 2.00 bits per heavy atom. The Hall–Kier alpha value is -2.37. The lowest BCUT2D eigenvalue weighted by molar-refractivity contribution is -0.149. The molecular formula is C15H18N2O4. The maximum atomic E-state index is 11.8. The van der Waals surface area contributed by atoms with Crippen molar-refractivity contribution >= 4 is 17.8 Å². The smallest absolute Gasteiger partial charge is 0.319 e. The SMILES string of the molecule is CNC(=O)c1cccc(CCNC(=O)C2(C(=O)O)CC2)c1. The number of amides is 2. The van der Waals surface area contributed by atoms with Crippen molar-refractivity contribution in [3.63, 3.8) is 0 Å². The molecule has 21 heavy (non-hydrogen) atoms. The highest BCUT2D eigenvalue weighted by Gasteiger charge is 2.56. The molecule has 6 nitrogen and oxygen atoms in total. The highest BCUT2D eigenvalue weighted by Crippen LogP contribution is 2.45. The zero-order valence-corrected chi connectivity index (χ0v) is 11.8. The van der Waals surface area contributed by atoms with E-state index in [1.807, 2.05) is 6.07 Å². The lowest BCUT2D eigenvalue weighted by atomic mass is 10.1. The minimum absolute atomic E-state index is 0.163. The molecule has 0 radical (unpaired) electrons. The van der Waals surface area contributed by atoms with Gasteiger partial charge in [0.25, 0.3) is 5.91 Å². The van der Waals surface area contributed by atoms with E-state index >= 15 is 0 Å². The zero-order chi connectivity index (χ0) is 15.5. The van der Waals surface area contributed by atoms with Crippen LogP contribution in [0.25, 0.3) is 0 Å². The van der Waals surface area contributed by atoms with E-state index in [9.17, 15) is 14.4 Å². The van der Waals surface area contributed by atoms with Gasteiger partial charge in [0, 0.05) is 19.2 Å². The summed E-state index contributed by atoms with van der Waals surface area (Å²) in [5.74, 6) is -1.64. The molecular weight excluding hydrogens is 272 g/mol. The fraction of sp³-hybridized carbons (Fsp3) is 0.400. The van der Waals surface area contributed by atoms with Crippen molar-refractivity contribution in [3.05, 3.63) is 35.4 Å². The molecule has 0 atom stereocenters. The molecule has 6 heteroatoms. The summed E-state index contributed by atoms with van der Waals surface area (Å²) in [6.45, 7) is 0.352. The van der Waals surface area contributed by atoms with Gasteiger partial charge in [0.15, 0.2) is 0 Å². The molecule has 2 amide bonds. The van der Waals surface area contributed by atoms with Crippen molar-refractivity contribution in [3.8, 4) is 0 Å². The molecule has 0 saturated heterocycles. The van der Waals surface area contributed by atoms with Gasteiger partial charge in [-0.15, -0.1) is 0 Å². The third-order valence-electron chi connectivity index (χ3n) is 3.71. The Bertz CT molecular complexity index is 579. The van der Waals surface area contributed by atoms with Crippen LogP contribution in [-0.2, 0) is 16.0 Å². The molecule has 3 N–H and O–H groups in total. The number of benzene rings is 1. The lowest BCUT2D eigenvalue weighted by Gasteiger charge is -2.11. The Labute approximate surface area is 122 Å². The predicted octanol–water partition coefficient (Wildman–Crippen LogP) is 0.570. The first-order valence-corrected chi connectivity index (χ1v) is 6.82. The number of hydrogen-bond donors (Lipinski definition) is 3. The van der Waals surface area contributed by atoms with Crippen molar-refractivity contribution in [2.75, 3.05) is 13.6 Å². The summed E-state index contributed by atoms with van der Waals surface area (Å²) in [6, 6.07) is 7.11. The van der Waals surface area contributed by atoms with Crippen LogP contribution in [0.3, 0.4) is 0 Å². The highest BCUT2D eigenvalue weighted by atomic mass is 16.4. The number of hydrogen-bond acceptors (Lipinski definition) is 3. The van der Waals surface area contributed by atoms with E-state index in [2.05, 4.69) is 10.6 Å². The fourth-order valence-corrected chi connectivity index (χ4v) is 2.17. The van der Waals surface area contributed by atoms with Gasteiger partial charge in [-0.05, 0) is 37.0 Å². The molecule has 0 aromatic heterocycles. The summed E-state index contributed by atoms with van der Waals surface area (Å²) >= 11 is 0. The van der Waals surface area contributed by atoms with Gasteiger partial charge in [0.2, 0.25) is 5.91 Å². The van der Waals surface area contributed by atoms with Crippen LogP contribution < -0.4 is 10.6 Å². The average Bonchev–Trinajstić information content (AvgIpc) is 3.28. The van der Waals surface area contributed by atoms with Crippen LogP contribution in [0.5, 0.6) is 0 Å². The largest absolute Gasteiger partial charge is 0.480 e. The van der Waals surface area contributed by atoms with Gasteiger partial charge in [0.05, 0.1) is 0 Å². The van der Waals surface area contributed by atoms with Gasteiger partial charge in [-0.25, -0.2) is 0 Å². The van der Waals surface area contributed by atoms with Crippen LogP contribution in [0, 0.1) is 5.41 Å². The van der Waals surface area contributed by atoms with Crippen molar-refractivity contribution < 1.29 is 19.5 Å². The number of rotatable bonds is 6. The van der Waals surface area contributed by atoms with E-state index in [4.69, 9.17) is 5.11 Å². The third kappa shape index (κ3) is 3.21. The van der Waals surface area contributed by atoms with E-state index in [1.165, 1.54) is 0 Å². The molecule has 1 aromatic rings. The molecule has 1 aromatic carbocycles. The number of nitrogens with one attached hydrogen (secondary N) is 2. The molecule has 1 aliphatic rings. The van der Waals surface area contributed by atoms with Crippen molar-refractivity contribution in [2.45, 2.75) is 19.3 Å². The Kier molecular flexibility index (Phi) is 4.26. The molecule has 1 saturated carbocycles. The topological polar surface area (TPSA) is 95.5 Å². The number of carbonyl (C=O) groups is 3. The van der Waals surface area contributed by atoms with Crippen LogP contribution in [0.4, 0.5) is 0 Å². The van der Waals surface area contributed by atoms with Gasteiger partial charge < -0.3 is 15.7 Å². The molecule has 1 fully saturated rings. The number of carbonyl (C=O) groups excluding carboxylic acids is 2. The average molecular weight is 290 g/mol. The number of aliphatic carboxylic acids is 1. The summed E-state index contributed by atoms with van der Waals surface area (Å²) in [4.78, 5) is 34.3. The monoisotopic (exact) mass is 290 g/mol. The minimum atomic E-state index is -1.20. The van der Waals surface area contributed by atoms with Gasteiger partial charge in [-0.2, -0.15) is 0 Å². The molecule has 0 bridgehead atoms. The molecule has 0 aliphatic heterocycles. The molecule has 0 unspecified atom stereocenters. The minimum Gasteiger partial charge on any atom is -0.480 e. The fourth-order valence-electron chi connectivity index (χ4n) is 2.17. The third-order valence-corrected chi connectivity index (χ3v) is 3.71. The van der Waals surface area contributed by atoms with E-state index in [-0.39, 0.29) is 5.91 Å². The summed E-state index contributed by atoms with van der Waals surface area (Å²) in [5, 5.41) is 14.2. The van der Waals surface area contributed by atoms with Crippen LogP contribution in [0.1, 0.15) is 28.8 Å². The molecule has 0 spiro atoms. The quantitative estimate of drug-likeness (QED) is 0.667. The van der Waals surface area contributed by atoms with Crippen molar-refractivity contribution in [2.24, 2.45) is 5.41 Å². The summed E-state index contributed by atoms with van der Waals surface area (Å²) in [5.41, 5.74) is 0.270. The summed E-state index contributed by atoms with van der Waals surface area (Å²) < 4.78 is 0. The van der Waals surface area contributed by atoms with Crippen LogP contribution in [0.15, 0.2) is 24.3 Å². The standard InChI is InChI=1S/C15H18N2O4/c1-16-12(18)11-4-2-3-10(9-11)5-8-17-13(19)15(6-7-15)14(20)21/h2-4,9H,5-8H2,1H3,(H,16,18)(H,17,19)(H,20,21). The van der Waals surface area contributed by atoms with E-state index < -0.39 is 17.3 Å². The van der Waals surface area contributed by atoms with E-state index in [0.29, 0.717) is 31.4 Å². The van der Waals surface area contributed by atoms with Gasteiger partial charge in [-0.3, -0.25) is 14.4 Å². The maximum absolute atomic E-state index is 11.8. The first kappa shape index (κ1) is 15.0. The van der Waals surface area contributed by atoms with Gasteiger partial charge in [0.1, 0.15) is 5.41 Å². The van der Waals surface area contributed by atoms with Crippen LogP contribution in [0.2, 0.25) is 0 Å². The summed E-state index contributed by atoms with van der Waals surface area (Å²) in [7, 11) is 1.57. The number of carboxylic acid groups (broad SMARTS) is 1. The normalized spacial score (nSPS) is 15.1. The molecule has 1 aliphatic carbocycles. The first-order valence-electron chi connectivity index (χ1n) is 6.82. The second-order valence-corrected chi connectivity index (χ2v) is 5.17. The molecule has 0 heterocycles. The lowest BCUT2D eigenvalue weighted by Crippen LogP contribution is -2.37. The Morgan fingerprint density at radius 3 is 2.57 bits per heavy atom. The van der Waals surface area contributed by atoms with Crippen molar-refractivity contribution in [1.29, 1.82) is 0 Å². The van der Waals surface area contributed by atoms with Gasteiger partial charge in [-0.1, -0.05) is 12.1 Å². The molecule has 112 valence electrons. The molecule has 2 rings (SSSR count). The second-order valence-electron chi connectivity index (χ2n) is 5.17. The van der Waals surface area contributed by atoms with Crippen LogP contribution >= 0.6 is 0 Å². The Balaban J connectivity index is 1.88. The van der Waals surface area contributed by atoms with E-state index in [1.54, 1.807) is 25.2 Å². The highest BCUT2D eigenvalue weighted by molar-refractivity contribution is 6.04. The zero-order valence-electron chi connectivity index (χ0n) is 11.8. The van der Waals surface area contributed by atoms with Gasteiger partial charge >= 0.3 is 5.97 Å². The predicted molar refractivity (Wildman–Crippen MR) is 75.8 cm³/mol. The number of carboxylic acids is 1. The summed E-state index contributed by atoms with van der Waals surface area (Å²) in [6.07, 6.45) is 1.35. The Morgan fingerprint density at radius 1 is 1.29 bits per heavy atom. The second kappa shape index (κ2) is 5.95.